The molecule has 3 nitrogen and oxygen atoms in total. The summed E-state index contributed by atoms with van der Waals surface area (Å²) in [4.78, 5) is 10.3. The number of aromatic carboxylic acids is 1. The monoisotopic (exact) mass is 182 g/mol. The van der Waals surface area contributed by atoms with Gasteiger partial charge in [-0.2, -0.15) is 0 Å². The summed E-state index contributed by atoms with van der Waals surface area (Å²) in [6, 6.07) is 5.81. The lowest BCUT2D eigenvalue weighted by atomic mass is 10.2. The Balaban J connectivity index is 0.000000424. The van der Waals surface area contributed by atoms with Crippen LogP contribution in [-0.2, 0) is 0 Å². The van der Waals surface area contributed by atoms with Crippen LogP contribution in [-0.4, -0.2) is 16.2 Å². The van der Waals surface area contributed by atoms with Crippen molar-refractivity contribution in [3.63, 3.8) is 0 Å². The van der Waals surface area contributed by atoms with Crippen molar-refractivity contribution in [2.75, 3.05) is 0 Å². The third-order valence-electron chi connectivity index (χ3n) is 1.13. The van der Waals surface area contributed by atoms with Gasteiger partial charge in [-0.3, -0.25) is 0 Å². The second kappa shape index (κ2) is 6.06. The van der Waals surface area contributed by atoms with Gasteiger partial charge in [-0.05, 0) is 12.1 Å². The Morgan fingerprint density at radius 2 is 1.77 bits per heavy atom. The van der Waals surface area contributed by atoms with Crippen molar-refractivity contribution in [1.29, 1.82) is 0 Å². The van der Waals surface area contributed by atoms with Crippen molar-refractivity contribution in [3.05, 3.63) is 29.8 Å². The van der Waals surface area contributed by atoms with Crippen molar-refractivity contribution in [2.24, 2.45) is 0 Å². The summed E-state index contributed by atoms with van der Waals surface area (Å²) in [7, 11) is 0. The summed E-state index contributed by atoms with van der Waals surface area (Å²) in [6.45, 7) is 4.25. The van der Waals surface area contributed by atoms with Crippen molar-refractivity contribution >= 4 is 5.97 Å². The van der Waals surface area contributed by atoms with Crippen LogP contribution in [0, 0.1) is 0 Å². The molecule has 1 rings (SSSR count). The Morgan fingerprint density at radius 1 is 1.31 bits per heavy atom. The number of rotatable bonds is 1. The second-order valence-electron chi connectivity index (χ2n) is 2.53. The summed E-state index contributed by atoms with van der Waals surface area (Å²) >= 11 is 0. The van der Waals surface area contributed by atoms with Gasteiger partial charge in [0.15, 0.2) is 0 Å². The van der Waals surface area contributed by atoms with Gasteiger partial charge in [-0.1, -0.05) is 32.4 Å². The zero-order valence-electron chi connectivity index (χ0n) is 7.82. The van der Waals surface area contributed by atoms with Crippen molar-refractivity contribution < 1.29 is 15.0 Å². The molecule has 0 aliphatic carbocycles. The highest BCUT2D eigenvalue weighted by Gasteiger charge is 2.05. The summed E-state index contributed by atoms with van der Waals surface area (Å²) in [5.41, 5.74) is -0.0671. The average Bonchev–Trinajstić information content (AvgIpc) is 2.06. The highest BCUT2D eigenvalue weighted by molar-refractivity contribution is 5.90. The zero-order valence-corrected chi connectivity index (χ0v) is 7.82. The number of hydrogen-bond acceptors (Lipinski definition) is 2. The molecule has 0 aliphatic heterocycles. The molecule has 72 valence electrons. The lowest BCUT2D eigenvalue weighted by Crippen LogP contribution is -1.95. The number of phenols is 1. The van der Waals surface area contributed by atoms with E-state index in [9.17, 15) is 4.79 Å². The number of carboxylic acids is 1. The summed E-state index contributed by atoms with van der Waals surface area (Å²) < 4.78 is 0. The van der Waals surface area contributed by atoms with E-state index in [0.29, 0.717) is 0 Å². The third-order valence-corrected chi connectivity index (χ3v) is 1.13. The van der Waals surface area contributed by atoms with Gasteiger partial charge in [-0.15, -0.1) is 0 Å². The van der Waals surface area contributed by atoms with Gasteiger partial charge in [0.1, 0.15) is 11.3 Å². The number of carboxylic acid groups (broad SMARTS) is 1. The Bertz CT molecular complexity index is 269. The van der Waals surface area contributed by atoms with E-state index >= 15 is 0 Å². The molecule has 0 bridgehead atoms. The molecule has 0 amide bonds. The third kappa shape index (κ3) is 4.15. The van der Waals surface area contributed by atoms with Crippen molar-refractivity contribution in [1.82, 2.24) is 0 Å². The van der Waals surface area contributed by atoms with E-state index in [1.807, 2.05) is 0 Å². The predicted molar refractivity (Wildman–Crippen MR) is 51.0 cm³/mol. The fraction of sp³-hybridized carbons (Fsp3) is 0.300. The first kappa shape index (κ1) is 11.5. The normalized spacial score (nSPS) is 8.46. The van der Waals surface area contributed by atoms with E-state index in [1.165, 1.54) is 18.6 Å². The van der Waals surface area contributed by atoms with Crippen LogP contribution in [0.4, 0.5) is 0 Å². The predicted octanol–water partition coefficient (Wildman–Crippen LogP) is 2.51. The average molecular weight is 182 g/mol. The Kier molecular flexibility index (Phi) is 5.35. The van der Waals surface area contributed by atoms with E-state index < -0.39 is 5.97 Å². The molecule has 0 heterocycles. The molecule has 0 spiro atoms. The smallest absolute Gasteiger partial charge is 0.339 e. The zero-order chi connectivity index (χ0) is 10.3. The minimum Gasteiger partial charge on any atom is -0.507 e. The van der Waals surface area contributed by atoms with Gasteiger partial charge in [-0.25, -0.2) is 4.79 Å². The quantitative estimate of drug-likeness (QED) is 0.701. The molecule has 0 saturated heterocycles. The van der Waals surface area contributed by atoms with Crippen LogP contribution >= 0.6 is 0 Å². The molecule has 13 heavy (non-hydrogen) atoms. The molecule has 2 N–H and O–H groups in total. The highest BCUT2D eigenvalue weighted by Crippen LogP contribution is 2.14. The molecule has 0 fully saturated rings. The summed E-state index contributed by atoms with van der Waals surface area (Å²) in [5.74, 6) is -1.31. The van der Waals surface area contributed by atoms with Crippen LogP contribution in [0.25, 0.3) is 0 Å². The molecular formula is C10H14O3. The largest absolute Gasteiger partial charge is 0.507 e. The topological polar surface area (TPSA) is 57.5 Å². The SMILES string of the molecule is CCC.O=C(O)c1ccccc1O. The van der Waals surface area contributed by atoms with E-state index in [-0.39, 0.29) is 11.3 Å². The lowest BCUT2D eigenvalue weighted by molar-refractivity contribution is 0.0694. The number of carbonyl (C=O) groups is 1. The van der Waals surface area contributed by atoms with Gasteiger partial charge in [0.05, 0.1) is 0 Å². The van der Waals surface area contributed by atoms with Crippen molar-refractivity contribution in [2.45, 2.75) is 20.3 Å². The van der Waals surface area contributed by atoms with Gasteiger partial charge in [0.2, 0.25) is 0 Å². The van der Waals surface area contributed by atoms with Gasteiger partial charge >= 0.3 is 5.97 Å². The number of aromatic hydroxyl groups is 1. The summed E-state index contributed by atoms with van der Waals surface area (Å²) in [6.07, 6.45) is 1.25. The number of benzene rings is 1. The van der Waals surface area contributed by atoms with Crippen LogP contribution in [0.5, 0.6) is 5.75 Å². The molecule has 1 aromatic carbocycles. The fourth-order valence-corrected chi connectivity index (χ4v) is 0.654. The van der Waals surface area contributed by atoms with Crippen LogP contribution < -0.4 is 0 Å². The molecule has 0 aromatic heterocycles. The van der Waals surface area contributed by atoms with E-state index in [2.05, 4.69) is 13.8 Å². The van der Waals surface area contributed by atoms with Crippen LogP contribution in [0.2, 0.25) is 0 Å². The van der Waals surface area contributed by atoms with Crippen molar-refractivity contribution in [3.8, 4) is 5.75 Å². The minimum atomic E-state index is -1.11. The molecule has 0 aliphatic rings. The van der Waals surface area contributed by atoms with Gasteiger partial charge < -0.3 is 10.2 Å². The molecule has 0 radical (unpaired) electrons. The van der Waals surface area contributed by atoms with Crippen LogP contribution in [0.1, 0.15) is 30.6 Å². The Morgan fingerprint density at radius 3 is 2.08 bits per heavy atom. The number of hydrogen-bond donors (Lipinski definition) is 2. The second-order valence-corrected chi connectivity index (χ2v) is 2.53. The Labute approximate surface area is 77.6 Å². The minimum absolute atomic E-state index is 0.0671. The first-order chi connectivity index (χ1) is 6.13. The van der Waals surface area contributed by atoms with E-state index in [4.69, 9.17) is 10.2 Å². The molecular weight excluding hydrogens is 168 g/mol. The van der Waals surface area contributed by atoms with E-state index in [0.717, 1.165) is 0 Å². The van der Waals surface area contributed by atoms with Gasteiger partial charge in [0.25, 0.3) is 0 Å². The van der Waals surface area contributed by atoms with Gasteiger partial charge in [0, 0.05) is 0 Å². The van der Waals surface area contributed by atoms with Crippen LogP contribution in [0.15, 0.2) is 24.3 Å². The Hall–Kier alpha value is -1.51. The maximum absolute atomic E-state index is 10.3. The molecule has 0 saturated carbocycles. The lowest BCUT2D eigenvalue weighted by Gasteiger charge is -1.95. The fourth-order valence-electron chi connectivity index (χ4n) is 0.654. The number of para-hydroxylation sites is 1. The molecule has 0 unspecified atom stereocenters. The highest BCUT2D eigenvalue weighted by atomic mass is 16.4. The molecule has 0 atom stereocenters. The first-order valence-electron chi connectivity index (χ1n) is 4.14. The summed E-state index contributed by atoms with van der Waals surface area (Å²) in [5, 5.41) is 17.3. The first-order valence-corrected chi connectivity index (χ1v) is 4.14. The maximum Gasteiger partial charge on any atom is 0.339 e. The maximum atomic E-state index is 10.3. The van der Waals surface area contributed by atoms with E-state index in [1.54, 1.807) is 12.1 Å². The molecule has 3 heteroatoms. The standard InChI is InChI=1S/C7H6O3.C3H8/c8-6-4-2-1-3-5(6)7(9)10;1-3-2/h1-4,8H,(H,9,10);3H2,1-2H3. The molecule has 1 aromatic rings. The van der Waals surface area contributed by atoms with Crippen LogP contribution in [0.3, 0.4) is 0 Å².